The second-order valence-corrected chi connectivity index (χ2v) is 10.3. The van der Waals surface area contributed by atoms with Crippen molar-refractivity contribution in [1.82, 2.24) is 0 Å². The highest BCUT2D eigenvalue weighted by atomic mass is 19.1. The molecule has 0 saturated carbocycles. The molecule has 0 aliphatic heterocycles. The summed E-state index contributed by atoms with van der Waals surface area (Å²) in [7, 11) is 0. The first-order valence-electron chi connectivity index (χ1n) is 11.4. The Bertz CT molecular complexity index is 1180. The van der Waals surface area contributed by atoms with Crippen LogP contribution in [0.3, 0.4) is 0 Å². The standard InChI is InChI=1S/C29H31FO3/c1-28(2)14-15-29(3,4)25-16-21(12-13-24(25)28)23-7-5-6-22(26(23)30)18-33-17-19-8-10-20(11-9-19)27(31)32/h5-13,16H,14-15,17-18H2,1-4H3,(H,31,32). The van der Waals surface area contributed by atoms with Crippen molar-refractivity contribution in [1.29, 1.82) is 0 Å². The van der Waals surface area contributed by atoms with E-state index in [-0.39, 0.29) is 35.4 Å². The van der Waals surface area contributed by atoms with Gasteiger partial charge in [-0.2, -0.15) is 0 Å². The maximum atomic E-state index is 15.5. The van der Waals surface area contributed by atoms with Gasteiger partial charge in [-0.05, 0) is 58.1 Å². The largest absolute Gasteiger partial charge is 0.478 e. The molecule has 33 heavy (non-hydrogen) atoms. The first-order valence-corrected chi connectivity index (χ1v) is 11.4. The summed E-state index contributed by atoms with van der Waals surface area (Å²) >= 11 is 0. The predicted molar refractivity (Wildman–Crippen MR) is 129 cm³/mol. The van der Waals surface area contributed by atoms with Gasteiger partial charge in [0.1, 0.15) is 5.82 Å². The molecule has 4 rings (SSSR count). The summed E-state index contributed by atoms with van der Waals surface area (Å²) < 4.78 is 21.2. The fourth-order valence-corrected chi connectivity index (χ4v) is 4.69. The lowest BCUT2D eigenvalue weighted by atomic mass is 9.63. The third kappa shape index (κ3) is 4.72. The van der Waals surface area contributed by atoms with Crippen molar-refractivity contribution in [2.45, 2.75) is 64.6 Å². The Labute approximate surface area is 195 Å². The molecule has 0 unspecified atom stereocenters. The number of rotatable bonds is 6. The highest BCUT2D eigenvalue weighted by Gasteiger charge is 2.37. The van der Waals surface area contributed by atoms with Crippen LogP contribution < -0.4 is 0 Å². The molecule has 0 aromatic heterocycles. The van der Waals surface area contributed by atoms with E-state index in [4.69, 9.17) is 9.84 Å². The van der Waals surface area contributed by atoms with Crippen LogP contribution in [0.4, 0.5) is 4.39 Å². The van der Waals surface area contributed by atoms with Crippen molar-refractivity contribution in [3.8, 4) is 11.1 Å². The monoisotopic (exact) mass is 446 g/mol. The number of ether oxygens (including phenoxy) is 1. The zero-order chi connectivity index (χ0) is 23.8. The van der Waals surface area contributed by atoms with E-state index >= 15 is 4.39 Å². The van der Waals surface area contributed by atoms with E-state index in [0.29, 0.717) is 11.1 Å². The van der Waals surface area contributed by atoms with Crippen molar-refractivity contribution in [3.63, 3.8) is 0 Å². The number of carbonyl (C=O) groups is 1. The summed E-state index contributed by atoms with van der Waals surface area (Å²) in [5.74, 6) is -1.22. The van der Waals surface area contributed by atoms with E-state index in [0.717, 1.165) is 24.0 Å². The zero-order valence-electron chi connectivity index (χ0n) is 19.7. The van der Waals surface area contributed by atoms with Gasteiger partial charge >= 0.3 is 5.97 Å². The molecule has 0 bridgehead atoms. The molecule has 0 fully saturated rings. The van der Waals surface area contributed by atoms with Crippen LogP contribution in [-0.4, -0.2) is 11.1 Å². The molecule has 0 heterocycles. The van der Waals surface area contributed by atoms with Gasteiger partial charge in [0.25, 0.3) is 0 Å². The number of hydrogen-bond acceptors (Lipinski definition) is 2. The smallest absolute Gasteiger partial charge is 0.335 e. The second-order valence-electron chi connectivity index (χ2n) is 10.3. The molecule has 0 atom stereocenters. The predicted octanol–water partition coefficient (Wildman–Crippen LogP) is 7.26. The summed E-state index contributed by atoms with van der Waals surface area (Å²) in [5, 5.41) is 9.00. The Hall–Kier alpha value is -2.98. The molecule has 3 nitrogen and oxygen atoms in total. The lowest BCUT2D eigenvalue weighted by Gasteiger charge is -2.42. The Balaban J connectivity index is 1.54. The summed E-state index contributed by atoms with van der Waals surface area (Å²) in [6.45, 7) is 9.54. The van der Waals surface area contributed by atoms with Crippen molar-refractivity contribution in [2.75, 3.05) is 0 Å². The van der Waals surface area contributed by atoms with Crippen LogP contribution >= 0.6 is 0 Å². The molecule has 1 aliphatic rings. The number of carboxylic acids is 1. The molecule has 0 amide bonds. The first kappa shape index (κ1) is 23.2. The van der Waals surface area contributed by atoms with Gasteiger partial charge in [-0.3, -0.25) is 0 Å². The van der Waals surface area contributed by atoms with Crippen molar-refractivity contribution >= 4 is 5.97 Å². The third-order valence-electron chi connectivity index (χ3n) is 6.97. The summed E-state index contributed by atoms with van der Waals surface area (Å²) in [4.78, 5) is 11.0. The van der Waals surface area contributed by atoms with Crippen molar-refractivity contribution in [2.24, 2.45) is 0 Å². The minimum atomic E-state index is -0.963. The summed E-state index contributed by atoms with van der Waals surface area (Å²) in [6.07, 6.45) is 2.26. The van der Waals surface area contributed by atoms with E-state index in [1.54, 1.807) is 30.3 Å². The van der Waals surface area contributed by atoms with E-state index in [1.165, 1.54) is 11.1 Å². The van der Waals surface area contributed by atoms with E-state index in [2.05, 4.69) is 39.8 Å². The molecule has 0 saturated heterocycles. The molecule has 0 spiro atoms. The van der Waals surface area contributed by atoms with Gasteiger partial charge in [0.05, 0.1) is 18.8 Å². The van der Waals surface area contributed by atoms with Crippen molar-refractivity contribution < 1.29 is 19.0 Å². The van der Waals surface area contributed by atoms with Crippen LogP contribution in [0.1, 0.15) is 73.1 Å². The van der Waals surface area contributed by atoms with Gasteiger partial charge in [0, 0.05) is 11.1 Å². The highest BCUT2D eigenvalue weighted by Crippen LogP contribution is 2.47. The maximum absolute atomic E-state index is 15.5. The van der Waals surface area contributed by atoms with Gasteiger partial charge in [-0.1, -0.05) is 76.2 Å². The zero-order valence-corrected chi connectivity index (χ0v) is 19.7. The molecular weight excluding hydrogens is 415 g/mol. The summed E-state index contributed by atoms with van der Waals surface area (Å²) in [5.41, 5.74) is 5.91. The SMILES string of the molecule is CC1(C)CCC(C)(C)c2cc(-c3cccc(COCc4ccc(C(=O)O)cc4)c3F)ccc21. The van der Waals surface area contributed by atoms with E-state index in [9.17, 15) is 4.79 Å². The molecule has 3 aromatic rings. The first-order chi connectivity index (χ1) is 15.6. The Morgan fingerprint density at radius 1 is 0.909 bits per heavy atom. The van der Waals surface area contributed by atoms with Crippen LogP contribution in [0.5, 0.6) is 0 Å². The number of halogens is 1. The average Bonchev–Trinajstić information content (AvgIpc) is 2.78. The molecule has 172 valence electrons. The summed E-state index contributed by atoms with van der Waals surface area (Å²) in [6, 6.07) is 18.3. The Morgan fingerprint density at radius 3 is 2.24 bits per heavy atom. The van der Waals surface area contributed by atoms with Gasteiger partial charge in [-0.15, -0.1) is 0 Å². The van der Waals surface area contributed by atoms with Crippen LogP contribution in [0.2, 0.25) is 0 Å². The molecule has 1 aliphatic carbocycles. The van der Waals surface area contributed by atoms with Crippen molar-refractivity contribution in [3.05, 3.63) is 94.3 Å². The Morgan fingerprint density at radius 2 is 1.58 bits per heavy atom. The number of benzene rings is 3. The number of hydrogen-bond donors (Lipinski definition) is 1. The fraction of sp³-hybridized carbons (Fsp3) is 0.345. The van der Waals surface area contributed by atoms with Gasteiger partial charge in [-0.25, -0.2) is 9.18 Å². The normalized spacial score (nSPS) is 16.3. The molecule has 3 aromatic carbocycles. The van der Waals surface area contributed by atoms with Gasteiger partial charge < -0.3 is 9.84 Å². The van der Waals surface area contributed by atoms with Gasteiger partial charge in [0.15, 0.2) is 0 Å². The Kier molecular flexibility index (Phi) is 6.15. The van der Waals surface area contributed by atoms with E-state index in [1.807, 2.05) is 18.2 Å². The quantitative estimate of drug-likeness (QED) is 0.433. The van der Waals surface area contributed by atoms with E-state index < -0.39 is 5.97 Å². The molecule has 1 N–H and O–H groups in total. The lowest BCUT2D eigenvalue weighted by molar-refractivity contribution is 0.0696. The number of aromatic carboxylic acids is 1. The van der Waals surface area contributed by atoms with Crippen LogP contribution in [0.25, 0.3) is 11.1 Å². The molecule has 0 radical (unpaired) electrons. The maximum Gasteiger partial charge on any atom is 0.335 e. The fourth-order valence-electron chi connectivity index (χ4n) is 4.69. The minimum Gasteiger partial charge on any atom is -0.478 e. The third-order valence-corrected chi connectivity index (χ3v) is 6.97. The number of carboxylic acid groups (broad SMARTS) is 1. The molecule has 4 heteroatoms. The molecular formula is C29H31FO3. The minimum absolute atomic E-state index is 0.0637. The van der Waals surface area contributed by atoms with Crippen LogP contribution in [-0.2, 0) is 28.8 Å². The average molecular weight is 447 g/mol. The number of fused-ring (bicyclic) bond motifs is 1. The van der Waals surface area contributed by atoms with Gasteiger partial charge in [0.2, 0.25) is 0 Å². The van der Waals surface area contributed by atoms with Crippen LogP contribution in [0, 0.1) is 5.82 Å². The highest BCUT2D eigenvalue weighted by molar-refractivity contribution is 5.87. The van der Waals surface area contributed by atoms with Crippen LogP contribution in [0.15, 0.2) is 60.7 Å². The topological polar surface area (TPSA) is 46.5 Å². The lowest BCUT2D eigenvalue weighted by Crippen LogP contribution is -2.33. The second kappa shape index (κ2) is 8.75.